The van der Waals surface area contributed by atoms with E-state index in [1.165, 1.54) is 24.3 Å². The van der Waals surface area contributed by atoms with Gasteiger partial charge >= 0.3 is 0 Å². The largest absolute Gasteiger partial charge is 0.483 e. The second-order valence-corrected chi connectivity index (χ2v) is 7.32. The number of anilines is 2. The van der Waals surface area contributed by atoms with Crippen molar-refractivity contribution in [3.05, 3.63) is 102 Å². The maximum atomic E-state index is 13.0. The first-order valence-corrected chi connectivity index (χ1v) is 10.1. The number of aryl methyl sites for hydroxylation is 1. The van der Waals surface area contributed by atoms with Crippen LogP contribution in [-0.2, 0) is 4.79 Å². The molecule has 2 N–H and O–H groups in total. The van der Waals surface area contributed by atoms with Gasteiger partial charge in [-0.25, -0.2) is 4.39 Å². The van der Waals surface area contributed by atoms with Crippen molar-refractivity contribution in [2.45, 2.75) is 6.92 Å². The Kier molecular flexibility index (Phi) is 6.12. The average Bonchev–Trinajstić information content (AvgIpc) is 2.79. The van der Waals surface area contributed by atoms with E-state index in [4.69, 9.17) is 4.74 Å². The van der Waals surface area contributed by atoms with Crippen molar-refractivity contribution in [1.82, 2.24) is 0 Å². The van der Waals surface area contributed by atoms with Crippen molar-refractivity contribution in [2.24, 2.45) is 0 Å². The van der Waals surface area contributed by atoms with E-state index in [-0.39, 0.29) is 24.2 Å². The number of fused-ring (bicyclic) bond motifs is 1. The first-order chi connectivity index (χ1) is 15.5. The molecule has 4 aromatic carbocycles. The highest BCUT2D eigenvalue weighted by atomic mass is 19.1. The molecular formula is C26H21FN2O3. The number of ether oxygens (including phenoxy) is 1. The summed E-state index contributed by atoms with van der Waals surface area (Å²) in [5.41, 5.74) is 2.76. The Morgan fingerprint density at radius 2 is 1.56 bits per heavy atom. The van der Waals surface area contributed by atoms with Crippen LogP contribution in [0.1, 0.15) is 15.9 Å². The predicted octanol–water partition coefficient (Wildman–Crippen LogP) is 5.56. The lowest BCUT2D eigenvalue weighted by Gasteiger charge is -2.13. The van der Waals surface area contributed by atoms with E-state index >= 15 is 0 Å². The third-order valence-corrected chi connectivity index (χ3v) is 4.89. The summed E-state index contributed by atoms with van der Waals surface area (Å²) < 4.78 is 18.7. The Hall–Kier alpha value is -4.19. The zero-order chi connectivity index (χ0) is 22.5. The van der Waals surface area contributed by atoms with E-state index in [9.17, 15) is 14.0 Å². The van der Waals surface area contributed by atoms with Crippen molar-refractivity contribution in [3.8, 4) is 5.75 Å². The van der Waals surface area contributed by atoms with Crippen LogP contribution in [0.25, 0.3) is 10.8 Å². The number of carbonyl (C=O) groups is 2. The van der Waals surface area contributed by atoms with Crippen LogP contribution in [0, 0.1) is 12.7 Å². The van der Waals surface area contributed by atoms with E-state index in [2.05, 4.69) is 10.6 Å². The predicted molar refractivity (Wildman–Crippen MR) is 124 cm³/mol. The van der Waals surface area contributed by atoms with Gasteiger partial charge < -0.3 is 15.4 Å². The summed E-state index contributed by atoms with van der Waals surface area (Å²) in [6, 6.07) is 23.8. The van der Waals surface area contributed by atoms with Gasteiger partial charge in [-0.2, -0.15) is 0 Å². The van der Waals surface area contributed by atoms with E-state index in [1.54, 1.807) is 12.1 Å². The fourth-order valence-corrected chi connectivity index (χ4v) is 3.39. The van der Waals surface area contributed by atoms with Crippen molar-refractivity contribution in [1.29, 1.82) is 0 Å². The lowest BCUT2D eigenvalue weighted by Crippen LogP contribution is -2.20. The van der Waals surface area contributed by atoms with Crippen LogP contribution in [-0.4, -0.2) is 18.4 Å². The van der Waals surface area contributed by atoms with Gasteiger partial charge in [-0.3, -0.25) is 9.59 Å². The van der Waals surface area contributed by atoms with Crippen LogP contribution < -0.4 is 15.4 Å². The zero-order valence-electron chi connectivity index (χ0n) is 17.4. The fraction of sp³-hybridized carbons (Fsp3) is 0.0769. The highest BCUT2D eigenvalue weighted by Gasteiger charge is 2.14. The molecule has 5 nitrogen and oxygen atoms in total. The van der Waals surface area contributed by atoms with Crippen molar-refractivity contribution < 1.29 is 18.7 Å². The molecule has 0 radical (unpaired) electrons. The van der Waals surface area contributed by atoms with Crippen LogP contribution in [0.4, 0.5) is 15.8 Å². The van der Waals surface area contributed by atoms with Gasteiger partial charge in [0.2, 0.25) is 0 Å². The molecule has 0 heterocycles. The SMILES string of the molecule is Cc1cccc(NC(=O)c2ccc(OCC(=O)Nc3ccc(F)cc3)c3ccccc23)c1. The topological polar surface area (TPSA) is 67.4 Å². The van der Waals surface area contributed by atoms with Crippen LogP contribution in [0.2, 0.25) is 0 Å². The maximum Gasteiger partial charge on any atom is 0.262 e. The molecule has 0 unspecified atom stereocenters. The number of nitrogens with one attached hydrogen (secondary N) is 2. The molecule has 0 aliphatic rings. The number of benzene rings is 4. The Bertz CT molecular complexity index is 1290. The Balaban J connectivity index is 1.50. The molecular weight excluding hydrogens is 407 g/mol. The van der Waals surface area contributed by atoms with Crippen molar-refractivity contribution >= 4 is 34.0 Å². The fourth-order valence-electron chi connectivity index (χ4n) is 3.39. The molecule has 0 aliphatic heterocycles. The molecule has 0 aliphatic carbocycles. The highest BCUT2D eigenvalue weighted by molar-refractivity contribution is 6.14. The van der Waals surface area contributed by atoms with Gasteiger partial charge in [0.05, 0.1) is 0 Å². The number of carbonyl (C=O) groups excluding carboxylic acids is 2. The third-order valence-electron chi connectivity index (χ3n) is 4.89. The third kappa shape index (κ3) is 4.92. The molecule has 4 rings (SSSR count). The minimum atomic E-state index is -0.378. The summed E-state index contributed by atoms with van der Waals surface area (Å²) in [5.74, 6) is -0.492. The van der Waals surface area contributed by atoms with Crippen molar-refractivity contribution in [3.63, 3.8) is 0 Å². The standard InChI is InChI=1S/C26H21FN2O3/c1-17-5-4-6-20(15-17)29-26(31)23-13-14-24(22-8-3-2-7-21(22)23)32-16-25(30)28-19-11-9-18(27)10-12-19/h2-15H,16H2,1H3,(H,28,30)(H,29,31). The lowest BCUT2D eigenvalue weighted by molar-refractivity contribution is -0.118. The van der Waals surface area contributed by atoms with Crippen LogP contribution in [0.5, 0.6) is 5.75 Å². The maximum absolute atomic E-state index is 13.0. The van der Waals surface area contributed by atoms with E-state index in [0.717, 1.165) is 16.6 Å². The number of amides is 2. The molecule has 0 aromatic heterocycles. The average molecular weight is 428 g/mol. The summed E-state index contributed by atoms with van der Waals surface area (Å²) in [5, 5.41) is 7.01. The number of halogens is 1. The number of hydrogen-bond donors (Lipinski definition) is 2. The normalized spacial score (nSPS) is 10.6. The van der Waals surface area contributed by atoms with Crippen LogP contribution in [0.3, 0.4) is 0 Å². The molecule has 160 valence electrons. The summed E-state index contributed by atoms with van der Waals surface area (Å²) >= 11 is 0. The van der Waals surface area contributed by atoms with Gasteiger partial charge in [0.25, 0.3) is 11.8 Å². The smallest absolute Gasteiger partial charge is 0.262 e. The molecule has 0 bridgehead atoms. The molecule has 0 saturated heterocycles. The van der Waals surface area contributed by atoms with Gasteiger partial charge in [-0.05, 0) is 66.4 Å². The zero-order valence-corrected chi connectivity index (χ0v) is 17.4. The van der Waals surface area contributed by atoms with Crippen molar-refractivity contribution in [2.75, 3.05) is 17.2 Å². The molecule has 0 fully saturated rings. The van der Waals surface area contributed by atoms with Gasteiger partial charge in [-0.15, -0.1) is 0 Å². The second kappa shape index (κ2) is 9.31. The molecule has 0 atom stereocenters. The molecule has 4 aromatic rings. The molecule has 2 amide bonds. The summed E-state index contributed by atoms with van der Waals surface area (Å²) in [6.07, 6.45) is 0. The quantitative estimate of drug-likeness (QED) is 0.423. The Morgan fingerprint density at radius 1 is 0.812 bits per heavy atom. The highest BCUT2D eigenvalue weighted by Crippen LogP contribution is 2.29. The molecule has 0 spiro atoms. The van der Waals surface area contributed by atoms with Gasteiger partial charge in [0.1, 0.15) is 11.6 Å². The minimum absolute atomic E-state index is 0.226. The monoisotopic (exact) mass is 428 g/mol. The van der Waals surface area contributed by atoms with Gasteiger partial charge in [0, 0.05) is 22.3 Å². The molecule has 0 saturated carbocycles. The van der Waals surface area contributed by atoms with Crippen LogP contribution in [0.15, 0.2) is 84.9 Å². The van der Waals surface area contributed by atoms with Gasteiger partial charge in [-0.1, -0.05) is 36.4 Å². The first-order valence-electron chi connectivity index (χ1n) is 10.1. The second-order valence-electron chi connectivity index (χ2n) is 7.32. The number of rotatable bonds is 6. The number of hydrogen-bond acceptors (Lipinski definition) is 3. The van der Waals surface area contributed by atoms with E-state index in [1.807, 2.05) is 55.5 Å². The molecule has 6 heteroatoms. The Morgan fingerprint density at radius 3 is 2.31 bits per heavy atom. The minimum Gasteiger partial charge on any atom is -0.483 e. The van der Waals surface area contributed by atoms with Crippen LogP contribution >= 0.6 is 0 Å². The summed E-state index contributed by atoms with van der Waals surface area (Å²) in [7, 11) is 0. The Labute approximate surface area is 184 Å². The van der Waals surface area contributed by atoms with E-state index < -0.39 is 0 Å². The van der Waals surface area contributed by atoms with Gasteiger partial charge in [0.15, 0.2) is 6.61 Å². The lowest BCUT2D eigenvalue weighted by atomic mass is 10.0. The summed E-state index contributed by atoms with van der Waals surface area (Å²) in [4.78, 5) is 25.1. The van der Waals surface area contributed by atoms with E-state index in [0.29, 0.717) is 22.4 Å². The molecule has 32 heavy (non-hydrogen) atoms. The first kappa shape index (κ1) is 21.1. The summed E-state index contributed by atoms with van der Waals surface area (Å²) in [6.45, 7) is 1.74.